The molecule has 1 aliphatic carbocycles. The number of hydrogen-bond acceptors (Lipinski definition) is 7. The van der Waals surface area contributed by atoms with E-state index in [-0.39, 0.29) is 29.4 Å². The molecule has 1 aliphatic rings. The van der Waals surface area contributed by atoms with Crippen LogP contribution in [0.5, 0.6) is 0 Å². The van der Waals surface area contributed by atoms with E-state index in [0.717, 1.165) is 30.2 Å². The second-order valence-electron chi connectivity index (χ2n) is 8.93. The van der Waals surface area contributed by atoms with Gasteiger partial charge in [-0.25, -0.2) is 4.79 Å². The Morgan fingerprint density at radius 3 is 2.55 bits per heavy atom. The average molecular weight is 521 g/mol. The van der Waals surface area contributed by atoms with Gasteiger partial charge in [0.25, 0.3) is 11.5 Å². The molecule has 0 spiro atoms. The summed E-state index contributed by atoms with van der Waals surface area (Å²) in [5, 5.41) is 9.11. The lowest BCUT2D eigenvalue weighted by Gasteiger charge is -2.33. The summed E-state index contributed by atoms with van der Waals surface area (Å²) in [5.74, 6) is -0.681. The maximum atomic E-state index is 12.6. The molecule has 1 heterocycles. The molecule has 0 unspecified atom stereocenters. The lowest BCUT2D eigenvalue weighted by atomic mass is 9.90. The number of aromatic nitrogens is 2. The predicted molar refractivity (Wildman–Crippen MR) is 130 cm³/mol. The van der Waals surface area contributed by atoms with Crippen LogP contribution in [-0.4, -0.2) is 39.7 Å². The number of nitrogens with two attached hydrogens (primary N) is 1. The number of carbonyl (C=O) groups is 2. The first-order valence-electron chi connectivity index (χ1n) is 10.7. The number of aromatic amines is 1. The first-order valence-corrected chi connectivity index (χ1v) is 11.5. The van der Waals surface area contributed by atoms with Crippen LogP contribution in [0.1, 0.15) is 56.8 Å². The van der Waals surface area contributed by atoms with Gasteiger partial charge >= 0.3 is 6.09 Å². The number of nitrogens with zero attached hydrogens (tertiary/aromatic N) is 1. The smallest absolute Gasteiger partial charge is 0.407 e. The van der Waals surface area contributed by atoms with Crippen molar-refractivity contribution in [3.63, 3.8) is 0 Å². The number of amides is 2. The highest BCUT2D eigenvalue weighted by molar-refractivity contribution is 9.10. The average Bonchev–Trinajstić information content (AvgIpc) is 2.67. The van der Waals surface area contributed by atoms with Crippen LogP contribution in [0.2, 0.25) is 0 Å². The van der Waals surface area contributed by atoms with E-state index in [0.29, 0.717) is 5.69 Å². The van der Waals surface area contributed by atoms with Gasteiger partial charge in [-0.2, -0.15) is 4.98 Å². The molecular weight excluding hydrogens is 492 g/mol. The molecule has 3 rings (SSSR count). The number of alkyl carbamates (subject to hydrolysis) is 1. The molecule has 0 radical (unpaired) electrons. The number of H-pyrrole nitrogens is 1. The Kier molecular flexibility index (Phi) is 7.62. The van der Waals surface area contributed by atoms with Crippen LogP contribution in [0.15, 0.2) is 33.5 Å². The molecule has 1 aromatic heterocycles. The van der Waals surface area contributed by atoms with Gasteiger partial charge in [-0.3, -0.25) is 14.6 Å². The van der Waals surface area contributed by atoms with E-state index in [1.54, 1.807) is 39.0 Å². The first-order chi connectivity index (χ1) is 15.5. The number of rotatable bonds is 6. The number of benzene rings is 1. The summed E-state index contributed by atoms with van der Waals surface area (Å²) in [7, 11) is 0. The number of ether oxygens (including phenoxy) is 1. The van der Waals surface area contributed by atoms with Gasteiger partial charge < -0.3 is 26.4 Å². The monoisotopic (exact) mass is 520 g/mol. The van der Waals surface area contributed by atoms with Crippen molar-refractivity contribution in [1.82, 2.24) is 15.3 Å². The van der Waals surface area contributed by atoms with Gasteiger partial charge in [-0.15, -0.1) is 0 Å². The minimum atomic E-state index is -0.894. The van der Waals surface area contributed by atoms with Crippen molar-refractivity contribution >= 4 is 45.4 Å². The SMILES string of the molecule is CC(C)(C)OC(=O)N[C@H]1CCCC[C@H]1Nc1nc(Nc2cccc(Br)c2)c(C(N)=O)c(=O)[nH]1. The molecule has 0 aliphatic heterocycles. The quantitative estimate of drug-likeness (QED) is 0.390. The van der Waals surface area contributed by atoms with Crippen molar-refractivity contribution in [2.75, 3.05) is 10.6 Å². The van der Waals surface area contributed by atoms with Crippen molar-refractivity contribution in [1.29, 1.82) is 0 Å². The Bertz CT molecular complexity index is 1080. The molecule has 0 saturated heterocycles. The zero-order valence-electron chi connectivity index (χ0n) is 18.8. The minimum Gasteiger partial charge on any atom is -0.444 e. The minimum absolute atomic E-state index is 0.0410. The van der Waals surface area contributed by atoms with E-state index in [1.165, 1.54) is 0 Å². The van der Waals surface area contributed by atoms with E-state index >= 15 is 0 Å². The van der Waals surface area contributed by atoms with E-state index < -0.39 is 23.2 Å². The summed E-state index contributed by atoms with van der Waals surface area (Å²) in [4.78, 5) is 43.8. The topological polar surface area (TPSA) is 151 Å². The molecule has 178 valence electrons. The van der Waals surface area contributed by atoms with Gasteiger partial charge in [0.1, 0.15) is 11.2 Å². The van der Waals surface area contributed by atoms with Crippen LogP contribution in [-0.2, 0) is 4.74 Å². The van der Waals surface area contributed by atoms with Crippen LogP contribution in [0.3, 0.4) is 0 Å². The maximum absolute atomic E-state index is 12.6. The van der Waals surface area contributed by atoms with Crippen molar-refractivity contribution in [2.24, 2.45) is 5.73 Å². The molecule has 11 heteroatoms. The molecule has 1 aromatic carbocycles. The normalized spacial score (nSPS) is 18.3. The maximum Gasteiger partial charge on any atom is 0.407 e. The number of anilines is 3. The van der Waals surface area contributed by atoms with Crippen molar-refractivity contribution in [2.45, 2.75) is 64.1 Å². The molecule has 1 fully saturated rings. The fourth-order valence-electron chi connectivity index (χ4n) is 3.67. The summed E-state index contributed by atoms with van der Waals surface area (Å²) in [6, 6.07) is 6.80. The van der Waals surface area contributed by atoms with Crippen LogP contribution in [0, 0.1) is 0 Å². The Morgan fingerprint density at radius 2 is 1.91 bits per heavy atom. The highest BCUT2D eigenvalue weighted by Gasteiger charge is 2.29. The highest BCUT2D eigenvalue weighted by Crippen LogP contribution is 2.24. The molecule has 2 amide bonds. The highest BCUT2D eigenvalue weighted by atomic mass is 79.9. The lowest BCUT2D eigenvalue weighted by Crippen LogP contribution is -2.50. The van der Waals surface area contributed by atoms with Gasteiger partial charge in [0.2, 0.25) is 5.95 Å². The molecule has 1 saturated carbocycles. The zero-order chi connectivity index (χ0) is 24.2. The number of nitrogens with one attached hydrogen (secondary N) is 4. The Labute approximate surface area is 200 Å². The van der Waals surface area contributed by atoms with Gasteiger partial charge in [-0.1, -0.05) is 34.8 Å². The number of halogens is 1. The van der Waals surface area contributed by atoms with Crippen LogP contribution in [0.4, 0.5) is 22.2 Å². The first kappa shape index (κ1) is 24.6. The Morgan fingerprint density at radius 1 is 1.21 bits per heavy atom. The molecule has 33 heavy (non-hydrogen) atoms. The second kappa shape index (κ2) is 10.2. The number of carbonyl (C=O) groups excluding carboxylic acids is 2. The molecule has 6 N–H and O–H groups in total. The molecule has 0 bridgehead atoms. The van der Waals surface area contributed by atoms with Gasteiger partial charge in [0, 0.05) is 16.2 Å². The molecule has 2 aromatic rings. The Balaban J connectivity index is 1.84. The van der Waals surface area contributed by atoms with Crippen LogP contribution < -0.4 is 27.2 Å². The van der Waals surface area contributed by atoms with Crippen LogP contribution >= 0.6 is 15.9 Å². The van der Waals surface area contributed by atoms with Crippen molar-refractivity contribution in [3.05, 3.63) is 44.7 Å². The zero-order valence-corrected chi connectivity index (χ0v) is 20.4. The Hall–Kier alpha value is -3.08. The summed E-state index contributed by atoms with van der Waals surface area (Å²) in [6.45, 7) is 5.41. The fraction of sp³-hybridized carbons (Fsp3) is 0.455. The molecular formula is C22H29BrN6O4. The molecule has 10 nitrogen and oxygen atoms in total. The third-order valence-electron chi connectivity index (χ3n) is 5.04. The van der Waals surface area contributed by atoms with Gasteiger partial charge in [-0.05, 0) is 51.8 Å². The predicted octanol–water partition coefficient (Wildman–Crippen LogP) is 3.62. The summed E-state index contributed by atoms with van der Waals surface area (Å²) >= 11 is 3.38. The largest absolute Gasteiger partial charge is 0.444 e. The van der Waals surface area contributed by atoms with E-state index in [4.69, 9.17) is 10.5 Å². The third-order valence-corrected chi connectivity index (χ3v) is 5.54. The van der Waals surface area contributed by atoms with E-state index in [1.807, 2.05) is 6.07 Å². The van der Waals surface area contributed by atoms with E-state index in [9.17, 15) is 14.4 Å². The summed E-state index contributed by atoms with van der Waals surface area (Å²) < 4.78 is 6.19. The number of primary amides is 1. The number of hydrogen-bond donors (Lipinski definition) is 5. The summed E-state index contributed by atoms with van der Waals surface area (Å²) in [6.07, 6.45) is 2.93. The molecule has 2 atom stereocenters. The third kappa shape index (κ3) is 6.95. The summed E-state index contributed by atoms with van der Waals surface area (Å²) in [5.41, 5.74) is 4.52. The van der Waals surface area contributed by atoms with Crippen molar-refractivity contribution in [3.8, 4) is 0 Å². The van der Waals surface area contributed by atoms with Gasteiger partial charge in [0.15, 0.2) is 5.82 Å². The second-order valence-corrected chi connectivity index (χ2v) is 9.84. The van der Waals surface area contributed by atoms with Gasteiger partial charge in [0.05, 0.1) is 6.04 Å². The standard InChI is InChI=1S/C22H29BrN6O4/c1-22(2,3)33-21(32)27-15-10-5-4-9-14(15)26-20-28-18(16(17(24)30)19(31)29-20)25-13-8-6-7-12(23)11-13/h6-8,11,14-15H,4-5,9-10H2,1-3H3,(H2,24,30)(H,27,32)(H3,25,26,28,29,31)/t14-,15+/m1/s1. The van der Waals surface area contributed by atoms with Crippen LogP contribution in [0.25, 0.3) is 0 Å². The lowest BCUT2D eigenvalue weighted by molar-refractivity contribution is 0.0488. The van der Waals surface area contributed by atoms with Crippen molar-refractivity contribution < 1.29 is 14.3 Å². The van der Waals surface area contributed by atoms with E-state index in [2.05, 4.69) is 41.8 Å². The fourth-order valence-corrected chi connectivity index (χ4v) is 4.07.